The quantitative estimate of drug-likeness (QED) is 0.626. The number of nitrogens with zero attached hydrogens (tertiary/aromatic N) is 1. The molecule has 0 spiro atoms. The van der Waals surface area contributed by atoms with E-state index in [0.717, 1.165) is 24.3 Å². The van der Waals surface area contributed by atoms with Crippen LogP contribution >= 0.6 is 0 Å². The van der Waals surface area contributed by atoms with Crippen molar-refractivity contribution in [3.63, 3.8) is 0 Å². The third kappa shape index (κ3) is 5.67. The fraction of sp³-hybridized carbons (Fsp3) is 0.750. The van der Waals surface area contributed by atoms with Gasteiger partial charge in [0.15, 0.2) is 0 Å². The molecule has 6 heteroatoms. The second-order valence-corrected chi connectivity index (χ2v) is 6.66. The van der Waals surface area contributed by atoms with Gasteiger partial charge in [0, 0.05) is 7.05 Å². The number of hydrogen-bond donors (Lipinski definition) is 1. The van der Waals surface area contributed by atoms with Gasteiger partial charge in [-0.15, -0.1) is 0 Å². The number of amides is 2. The molecule has 0 aromatic rings. The molecule has 1 rings (SSSR count). The maximum atomic E-state index is 12.4. The number of alkyl carbamates (subject to hydrolysis) is 1. The molecule has 22 heavy (non-hydrogen) atoms. The van der Waals surface area contributed by atoms with Gasteiger partial charge in [-0.05, 0) is 53.4 Å². The zero-order chi connectivity index (χ0) is 16.9. The van der Waals surface area contributed by atoms with Crippen LogP contribution in [-0.2, 0) is 14.4 Å². The summed E-state index contributed by atoms with van der Waals surface area (Å²) in [6, 6.07) is -0.678. The Morgan fingerprint density at radius 3 is 2.41 bits per heavy atom. The highest BCUT2D eigenvalue weighted by Crippen LogP contribution is 2.29. The average molecular weight is 312 g/mol. The van der Waals surface area contributed by atoms with Gasteiger partial charge in [-0.25, -0.2) is 9.86 Å². The van der Waals surface area contributed by atoms with Crippen LogP contribution < -0.4 is 5.32 Å². The standard InChI is InChI=1S/C16H28N2O4/c1-11-8-7-9-12(11)10-13(14(19)18(5)21-6)17-15(20)22-16(2,3)4/h13H,7-10H2,1-6H3,(H,17,20). The number of allylic oxidation sites excluding steroid dienone is 1. The van der Waals surface area contributed by atoms with Crippen LogP contribution in [0.2, 0.25) is 0 Å². The first kappa shape index (κ1) is 18.5. The van der Waals surface area contributed by atoms with Gasteiger partial charge in [-0.3, -0.25) is 9.63 Å². The number of carbonyl (C=O) groups is 2. The summed E-state index contributed by atoms with van der Waals surface area (Å²) in [6.07, 6.45) is 3.05. The number of hydroxylamine groups is 2. The molecular weight excluding hydrogens is 284 g/mol. The molecule has 6 nitrogen and oxygen atoms in total. The van der Waals surface area contributed by atoms with Crippen LogP contribution in [0, 0.1) is 0 Å². The Hall–Kier alpha value is -1.56. The van der Waals surface area contributed by atoms with Crippen molar-refractivity contribution in [2.24, 2.45) is 0 Å². The van der Waals surface area contributed by atoms with E-state index in [0.29, 0.717) is 6.42 Å². The van der Waals surface area contributed by atoms with E-state index in [1.54, 1.807) is 20.8 Å². The summed E-state index contributed by atoms with van der Waals surface area (Å²) in [6.45, 7) is 7.44. The molecule has 0 aromatic carbocycles. The highest BCUT2D eigenvalue weighted by atomic mass is 16.7. The summed E-state index contributed by atoms with van der Waals surface area (Å²) in [4.78, 5) is 29.3. The van der Waals surface area contributed by atoms with Crippen molar-refractivity contribution >= 4 is 12.0 Å². The largest absolute Gasteiger partial charge is 0.444 e. The minimum atomic E-state index is -0.678. The minimum absolute atomic E-state index is 0.291. The van der Waals surface area contributed by atoms with Gasteiger partial charge < -0.3 is 10.1 Å². The highest BCUT2D eigenvalue weighted by molar-refractivity contribution is 5.85. The molecule has 1 unspecified atom stereocenters. The van der Waals surface area contributed by atoms with E-state index in [9.17, 15) is 9.59 Å². The van der Waals surface area contributed by atoms with Gasteiger partial charge in [0.1, 0.15) is 11.6 Å². The summed E-state index contributed by atoms with van der Waals surface area (Å²) < 4.78 is 5.25. The maximum absolute atomic E-state index is 12.4. The molecule has 0 bridgehead atoms. The second-order valence-electron chi connectivity index (χ2n) is 6.66. The molecule has 126 valence electrons. The number of rotatable bonds is 5. The SMILES string of the molecule is CON(C)C(=O)C(CC1=C(C)CCC1)NC(=O)OC(C)(C)C. The van der Waals surface area contributed by atoms with E-state index < -0.39 is 17.7 Å². The summed E-state index contributed by atoms with van der Waals surface area (Å²) in [5.74, 6) is -0.291. The van der Waals surface area contributed by atoms with Crippen LogP contribution in [-0.4, -0.2) is 42.9 Å². The van der Waals surface area contributed by atoms with E-state index in [2.05, 4.69) is 12.2 Å². The van der Waals surface area contributed by atoms with Gasteiger partial charge in [-0.2, -0.15) is 0 Å². The lowest BCUT2D eigenvalue weighted by molar-refractivity contribution is -0.171. The van der Waals surface area contributed by atoms with Gasteiger partial charge in [0.25, 0.3) is 5.91 Å². The Labute approximate surface area is 132 Å². The molecule has 0 saturated heterocycles. The lowest BCUT2D eigenvalue weighted by Gasteiger charge is -2.26. The number of nitrogens with one attached hydrogen (secondary N) is 1. The molecular formula is C16H28N2O4. The van der Waals surface area contributed by atoms with Crippen molar-refractivity contribution < 1.29 is 19.2 Å². The maximum Gasteiger partial charge on any atom is 0.408 e. The van der Waals surface area contributed by atoms with Crippen molar-refractivity contribution in [1.29, 1.82) is 0 Å². The molecule has 0 aromatic heterocycles. The van der Waals surface area contributed by atoms with Gasteiger partial charge >= 0.3 is 6.09 Å². The number of hydrogen-bond acceptors (Lipinski definition) is 4. The first-order chi connectivity index (χ1) is 10.1. The van der Waals surface area contributed by atoms with Crippen molar-refractivity contribution in [3.8, 4) is 0 Å². The van der Waals surface area contributed by atoms with E-state index in [1.165, 1.54) is 25.3 Å². The molecule has 1 aliphatic carbocycles. The van der Waals surface area contributed by atoms with Crippen LogP contribution in [0.15, 0.2) is 11.1 Å². The molecule has 0 heterocycles. The predicted molar refractivity (Wildman–Crippen MR) is 84.1 cm³/mol. The lowest BCUT2D eigenvalue weighted by Crippen LogP contribution is -2.48. The van der Waals surface area contributed by atoms with Crippen molar-refractivity contribution in [2.75, 3.05) is 14.2 Å². The van der Waals surface area contributed by atoms with E-state index in [4.69, 9.17) is 9.57 Å². The fourth-order valence-electron chi connectivity index (χ4n) is 2.44. The van der Waals surface area contributed by atoms with Gasteiger partial charge in [0.2, 0.25) is 0 Å². The molecule has 0 saturated carbocycles. The lowest BCUT2D eigenvalue weighted by atomic mass is 10.0. The molecule has 1 N–H and O–H groups in total. The predicted octanol–water partition coefficient (Wildman–Crippen LogP) is 2.79. The minimum Gasteiger partial charge on any atom is -0.444 e. The average Bonchev–Trinajstić information content (AvgIpc) is 2.79. The summed E-state index contributed by atoms with van der Waals surface area (Å²) in [5.41, 5.74) is 1.94. The first-order valence-corrected chi connectivity index (χ1v) is 7.62. The van der Waals surface area contributed by atoms with Crippen molar-refractivity contribution in [3.05, 3.63) is 11.1 Å². The Bertz CT molecular complexity index is 452. The summed E-state index contributed by atoms with van der Waals surface area (Å²) in [5, 5.41) is 3.80. The monoisotopic (exact) mass is 312 g/mol. The molecule has 0 radical (unpaired) electrons. The molecule has 1 aliphatic rings. The number of likely N-dealkylation sites (N-methyl/N-ethyl adjacent to an activating group) is 1. The topological polar surface area (TPSA) is 67.9 Å². The Morgan fingerprint density at radius 2 is 1.95 bits per heavy atom. The van der Waals surface area contributed by atoms with Gasteiger partial charge in [-0.1, -0.05) is 11.1 Å². The molecule has 2 amide bonds. The van der Waals surface area contributed by atoms with Crippen molar-refractivity contribution in [2.45, 2.75) is 65.0 Å². The van der Waals surface area contributed by atoms with E-state index >= 15 is 0 Å². The van der Waals surface area contributed by atoms with Crippen LogP contribution in [0.3, 0.4) is 0 Å². The third-order valence-corrected chi connectivity index (χ3v) is 3.66. The smallest absolute Gasteiger partial charge is 0.408 e. The van der Waals surface area contributed by atoms with Crippen LogP contribution in [0.4, 0.5) is 4.79 Å². The number of ether oxygens (including phenoxy) is 1. The summed E-state index contributed by atoms with van der Waals surface area (Å²) in [7, 11) is 2.95. The van der Waals surface area contributed by atoms with Crippen LogP contribution in [0.1, 0.15) is 53.4 Å². The van der Waals surface area contributed by atoms with Crippen LogP contribution in [0.25, 0.3) is 0 Å². The Morgan fingerprint density at radius 1 is 1.32 bits per heavy atom. The highest BCUT2D eigenvalue weighted by Gasteiger charge is 2.29. The van der Waals surface area contributed by atoms with Gasteiger partial charge in [0.05, 0.1) is 7.11 Å². The third-order valence-electron chi connectivity index (χ3n) is 3.66. The first-order valence-electron chi connectivity index (χ1n) is 7.62. The Kier molecular flexibility index (Phi) is 6.41. The van der Waals surface area contributed by atoms with Crippen molar-refractivity contribution in [1.82, 2.24) is 10.4 Å². The molecule has 1 atom stereocenters. The van der Waals surface area contributed by atoms with Crippen LogP contribution in [0.5, 0.6) is 0 Å². The normalized spacial score (nSPS) is 16.5. The molecule has 0 fully saturated rings. The Balaban J connectivity index is 2.80. The zero-order valence-electron chi connectivity index (χ0n) is 14.5. The number of carbonyl (C=O) groups excluding carboxylic acids is 2. The molecule has 0 aliphatic heterocycles. The second kappa shape index (κ2) is 7.63. The van der Waals surface area contributed by atoms with E-state index in [1.807, 2.05) is 0 Å². The fourth-order valence-corrected chi connectivity index (χ4v) is 2.44. The summed E-state index contributed by atoms with van der Waals surface area (Å²) >= 11 is 0. The zero-order valence-corrected chi connectivity index (χ0v) is 14.5. The van der Waals surface area contributed by atoms with E-state index in [-0.39, 0.29) is 5.91 Å².